The molecule has 0 N–H and O–H groups in total. The Morgan fingerprint density at radius 2 is 2.00 bits per heavy atom. The van der Waals surface area contributed by atoms with Crippen molar-refractivity contribution < 1.29 is 0 Å². The van der Waals surface area contributed by atoms with Gasteiger partial charge in [-0.05, 0) is 36.3 Å². The molecule has 1 aromatic carbocycles. The predicted octanol–water partition coefficient (Wildman–Crippen LogP) is 2.45. The second-order valence-corrected chi connectivity index (χ2v) is 3.34. The number of fused-ring (bicyclic) bond motifs is 1. The molecule has 1 aliphatic rings. The van der Waals surface area contributed by atoms with Gasteiger partial charge >= 0.3 is 0 Å². The minimum atomic E-state index is 0.819. The van der Waals surface area contributed by atoms with Gasteiger partial charge < -0.3 is 4.90 Å². The lowest BCUT2D eigenvalue weighted by atomic mass is 10.1. The summed E-state index contributed by atoms with van der Waals surface area (Å²) in [5.74, 6) is 0. The fraction of sp³-hybridized carbons (Fsp3) is 0.222. The fourth-order valence-corrected chi connectivity index (χ4v) is 1.63. The van der Waals surface area contributed by atoms with Crippen molar-refractivity contribution >= 4 is 11.6 Å². The van der Waals surface area contributed by atoms with Crippen LogP contribution in [-0.4, -0.2) is 4.90 Å². The van der Waals surface area contributed by atoms with E-state index < -0.39 is 0 Å². The van der Waals surface area contributed by atoms with Gasteiger partial charge in [0.15, 0.2) is 0 Å². The fourth-order valence-electron chi connectivity index (χ4n) is 1.43. The number of nitrogens with zero attached hydrogens (tertiary/aromatic N) is 1. The molecule has 0 fully saturated rings. The third-order valence-corrected chi connectivity index (χ3v) is 2.19. The van der Waals surface area contributed by atoms with E-state index in [2.05, 4.69) is 13.1 Å². The van der Waals surface area contributed by atoms with Crippen molar-refractivity contribution in [2.24, 2.45) is 0 Å². The van der Waals surface area contributed by atoms with Gasteiger partial charge in [0, 0.05) is 5.02 Å². The van der Waals surface area contributed by atoms with Crippen LogP contribution in [0.4, 0.5) is 0 Å². The Kier molecular flexibility index (Phi) is 1.63. The van der Waals surface area contributed by atoms with E-state index in [-0.39, 0.29) is 0 Å². The van der Waals surface area contributed by atoms with Crippen molar-refractivity contribution in [1.82, 2.24) is 4.90 Å². The van der Waals surface area contributed by atoms with E-state index >= 15 is 0 Å². The molecule has 11 heavy (non-hydrogen) atoms. The quantitative estimate of drug-likeness (QED) is 0.536. The van der Waals surface area contributed by atoms with E-state index in [1.807, 2.05) is 17.0 Å². The molecule has 0 bridgehead atoms. The maximum absolute atomic E-state index is 5.83. The van der Waals surface area contributed by atoms with E-state index in [4.69, 9.17) is 11.6 Å². The number of rotatable bonds is 0. The minimum absolute atomic E-state index is 0.819. The lowest BCUT2D eigenvalue weighted by Gasteiger charge is -2.14. The van der Waals surface area contributed by atoms with Gasteiger partial charge in [-0.15, -0.1) is 0 Å². The second kappa shape index (κ2) is 2.50. The lowest BCUT2D eigenvalue weighted by Crippen LogP contribution is -2.03. The van der Waals surface area contributed by atoms with Crippen LogP contribution in [0.5, 0.6) is 0 Å². The highest BCUT2D eigenvalue weighted by molar-refractivity contribution is 6.30. The topological polar surface area (TPSA) is 3.24 Å². The molecule has 0 unspecified atom stereocenters. The Bertz CT molecular complexity index is 283. The zero-order valence-corrected chi connectivity index (χ0v) is 6.93. The van der Waals surface area contributed by atoms with Crippen LogP contribution in [0.1, 0.15) is 11.1 Å². The summed E-state index contributed by atoms with van der Waals surface area (Å²) in [4.78, 5) is 2.03. The van der Waals surface area contributed by atoms with Gasteiger partial charge in [-0.2, -0.15) is 0 Å². The van der Waals surface area contributed by atoms with Crippen molar-refractivity contribution in [2.75, 3.05) is 0 Å². The Labute approximate surface area is 71.6 Å². The highest BCUT2D eigenvalue weighted by atomic mass is 35.5. The summed E-state index contributed by atoms with van der Waals surface area (Å²) in [6, 6.07) is 6.02. The summed E-state index contributed by atoms with van der Waals surface area (Å²) in [6.45, 7) is 1.88. The predicted molar refractivity (Wildman–Crippen MR) is 46.1 cm³/mol. The van der Waals surface area contributed by atoms with E-state index in [1.165, 1.54) is 11.1 Å². The standard InChI is InChI=1S/C9H9ClN/c1-11-5-7-2-3-9(10)4-8(7)6-11/h2-4H,1,5-6H2/q-1. The van der Waals surface area contributed by atoms with Crippen LogP contribution >= 0.6 is 11.6 Å². The van der Waals surface area contributed by atoms with E-state index in [0.29, 0.717) is 0 Å². The van der Waals surface area contributed by atoms with Gasteiger partial charge in [-0.1, -0.05) is 17.7 Å². The molecular formula is C9H9ClN-. The molecule has 0 saturated heterocycles. The van der Waals surface area contributed by atoms with Crippen molar-refractivity contribution in [3.63, 3.8) is 0 Å². The van der Waals surface area contributed by atoms with Crippen molar-refractivity contribution in [2.45, 2.75) is 13.1 Å². The highest BCUT2D eigenvalue weighted by Crippen LogP contribution is 2.24. The first-order valence-corrected chi connectivity index (χ1v) is 3.96. The molecule has 0 atom stereocenters. The molecule has 0 radical (unpaired) electrons. The molecule has 1 aromatic rings. The summed E-state index contributed by atoms with van der Waals surface area (Å²) in [5, 5.41) is 0.819. The van der Waals surface area contributed by atoms with E-state index in [1.54, 1.807) is 0 Å². The molecule has 0 spiro atoms. The molecule has 0 saturated carbocycles. The third kappa shape index (κ3) is 1.26. The average molecular weight is 167 g/mol. The molecule has 1 nitrogen and oxygen atoms in total. The third-order valence-electron chi connectivity index (χ3n) is 1.96. The van der Waals surface area contributed by atoms with Crippen molar-refractivity contribution in [1.29, 1.82) is 0 Å². The maximum atomic E-state index is 5.83. The van der Waals surface area contributed by atoms with Crippen LogP contribution in [0.2, 0.25) is 5.02 Å². The summed E-state index contributed by atoms with van der Waals surface area (Å²) in [6.07, 6.45) is 0. The molecule has 0 aromatic heterocycles. The molecule has 2 heteroatoms. The molecule has 0 amide bonds. The average Bonchev–Trinajstić information content (AvgIpc) is 2.27. The largest absolute Gasteiger partial charge is 0.452 e. The SMILES string of the molecule is [CH2-]N1Cc2ccc(Cl)cc2C1. The molecule has 1 heterocycles. The minimum Gasteiger partial charge on any atom is -0.452 e. The van der Waals surface area contributed by atoms with E-state index in [9.17, 15) is 0 Å². The summed E-state index contributed by atoms with van der Waals surface area (Å²) >= 11 is 5.83. The molecule has 0 aliphatic carbocycles. The maximum Gasteiger partial charge on any atom is 0.0409 e. The van der Waals surface area contributed by atoms with Crippen LogP contribution in [-0.2, 0) is 13.1 Å². The van der Waals surface area contributed by atoms with Gasteiger partial charge in [0.1, 0.15) is 0 Å². The summed E-state index contributed by atoms with van der Waals surface area (Å²) < 4.78 is 0. The Hall–Kier alpha value is -0.530. The zero-order chi connectivity index (χ0) is 7.84. The Morgan fingerprint density at radius 3 is 2.82 bits per heavy atom. The van der Waals surface area contributed by atoms with E-state index in [0.717, 1.165) is 18.1 Å². The van der Waals surface area contributed by atoms with Crippen LogP contribution in [0.25, 0.3) is 0 Å². The van der Waals surface area contributed by atoms with Crippen molar-refractivity contribution in [3.05, 3.63) is 41.4 Å². The first kappa shape index (κ1) is 7.14. The van der Waals surface area contributed by atoms with Gasteiger partial charge in [0.2, 0.25) is 0 Å². The first-order valence-electron chi connectivity index (χ1n) is 3.58. The van der Waals surface area contributed by atoms with Crippen molar-refractivity contribution in [3.8, 4) is 0 Å². The van der Waals surface area contributed by atoms with Gasteiger partial charge in [0.25, 0.3) is 0 Å². The Balaban J connectivity index is 2.43. The highest BCUT2D eigenvalue weighted by Gasteiger charge is 2.10. The second-order valence-electron chi connectivity index (χ2n) is 2.90. The van der Waals surface area contributed by atoms with Crippen LogP contribution < -0.4 is 0 Å². The molecule has 2 rings (SSSR count). The molecular weight excluding hydrogens is 158 g/mol. The van der Waals surface area contributed by atoms with Crippen LogP contribution in [0.15, 0.2) is 18.2 Å². The number of benzene rings is 1. The smallest absolute Gasteiger partial charge is 0.0409 e. The number of hydrogen-bond acceptors (Lipinski definition) is 1. The summed E-state index contributed by atoms with van der Waals surface area (Å²) in [7, 11) is 3.87. The first-order chi connectivity index (χ1) is 5.25. The van der Waals surface area contributed by atoms with Gasteiger partial charge in [-0.3, -0.25) is 7.05 Å². The Morgan fingerprint density at radius 1 is 1.27 bits per heavy atom. The monoisotopic (exact) mass is 166 g/mol. The van der Waals surface area contributed by atoms with Gasteiger partial charge in [-0.25, -0.2) is 0 Å². The van der Waals surface area contributed by atoms with Gasteiger partial charge in [0.05, 0.1) is 0 Å². The summed E-state index contributed by atoms with van der Waals surface area (Å²) in [5.41, 5.74) is 2.66. The number of hydrogen-bond donors (Lipinski definition) is 0. The zero-order valence-electron chi connectivity index (χ0n) is 6.18. The van der Waals surface area contributed by atoms with Crippen LogP contribution in [0, 0.1) is 7.05 Å². The van der Waals surface area contributed by atoms with Crippen LogP contribution in [0.3, 0.4) is 0 Å². The normalized spacial score (nSPS) is 16.9. The number of halogens is 1. The molecule has 58 valence electrons. The lowest BCUT2D eigenvalue weighted by molar-refractivity contribution is 0.393. The molecule has 1 aliphatic heterocycles.